The van der Waals surface area contributed by atoms with Gasteiger partial charge in [-0.05, 0) is 36.8 Å². The number of para-hydroxylation sites is 1. The summed E-state index contributed by atoms with van der Waals surface area (Å²) in [5, 5.41) is 7.44. The third-order valence-corrected chi connectivity index (χ3v) is 5.62. The van der Waals surface area contributed by atoms with Crippen molar-refractivity contribution in [2.75, 3.05) is 11.9 Å². The van der Waals surface area contributed by atoms with Crippen molar-refractivity contribution in [3.63, 3.8) is 0 Å². The molecular weight excluding hydrogens is 453 g/mol. The number of likely N-dealkylation sites (tertiary alicyclic amines) is 1. The summed E-state index contributed by atoms with van der Waals surface area (Å²) >= 11 is 0. The first-order valence-electron chi connectivity index (χ1n) is 11.2. The van der Waals surface area contributed by atoms with Crippen LogP contribution in [-0.2, 0) is 14.4 Å². The molecule has 34 heavy (non-hydrogen) atoms. The third kappa shape index (κ3) is 6.94. The fourth-order valence-electron chi connectivity index (χ4n) is 3.79. The van der Waals surface area contributed by atoms with Gasteiger partial charge in [0.25, 0.3) is 5.78 Å². The van der Waals surface area contributed by atoms with Crippen LogP contribution in [0.5, 0.6) is 0 Å². The van der Waals surface area contributed by atoms with E-state index >= 15 is 0 Å². The molecule has 1 aliphatic heterocycles. The number of carbonyl (C=O) groups excluding carboxylic acids is 4. The number of alkyl halides is 3. The number of hydrogen-bond acceptors (Lipinski definition) is 4. The van der Waals surface area contributed by atoms with Crippen molar-refractivity contribution in [2.24, 2.45) is 11.8 Å². The van der Waals surface area contributed by atoms with Crippen LogP contribution in [0.15, 0.2) is 30.3 Å². The molecule has 1 heterocycles. The predicted octanol–water partition coefficient (Wildman–Crippen LogP) is 3.10. The summed E-state index contributed by atoms with van der Waals surface area (Å²) in [5.41, 5.74) is 0.530. The molecule has 11 heteroatoms. The van der Waals surface area contributed by atoms with E-state index in [-0.39, 0.29) is 18.9 Å². The fourth-order valence-corrected chi connectivity index (χ4v) is 3.79. The zero-order valence-electron chi connectivity index (χ0n) is 19.6. The zero-order chi connectivity index (χ0) is 25.6. The molecule has 3 N–H and O–H groups in total. The van der Waals surface area contributed by atoms with Crippen molar-refractivity contribution < 1.29 is 32.3 Å². The first-order chi connectivity index (χ1) is 15.8. The maximum atomic E-state index is 13.3. The van der Waals surface area contributed by atoms with Gasteiger partial charge in [-0.25, -0.2) is 4.79 Å². The zero-order valence-corrected chi connectivity index (χ0v) is 19.6. The van der Waals surface area contributed by atoms with Crippen LogP contribution in [0.25, 0.3) is 0 Å². The summed E-state index contributed by atoms with van der Waals surface area (Å²) in [5.74, 6) is -4.49. The first kappa shape index (κ1) is 27.1. The van der Waals surface area contributed by atoms with Gasteiger partial charge >= 0.3 is 12.2 Å². The molecule has 4 amide bonds. The molecule has 2 rings (SSSR count). The van der Waals surface area contributed by atoms with Crippen molar-refractivity contribution in [1.29, 1.82) is 0 Å². The van der Waals surface area contributed by atoms with E-state index < -0.39 is 53.8 Å². The van der Waals surface area contributed by atoms with Crippen molar-refractivity contribution in [3.05, 3.63) is 30.3 Å². The van der Waals surface area contributed by atoms with Crippen molar-refractivity contribution in [3.8, 4) is 0 Å². The van der Waals surface area contributed by atoms with Crippen LogP contribution in [-0.4, -0.2) is 59.4 Å². The van der Waals surface area contributed by atoms with Crippen LogP contribution in [0, 0.1) is 11.8 Å². The molecule has 1 aromatic rings. The number of nitrogens with zero attached hydrogens (tertiary/aromatic N) is 1. The summed E-state index contributed by atoms with van der Waals surface area (Å²) in [7, 11) is 0. The molecule has 1 fully saturated rings. The van der Waals surface area contributed by atoms with Crippen LogP contribution in [0.3, 0.4) is 0 Å². The van der Waals surface area contributed by atoms with Crippen LogP contribution in [0.4, 0.5) is 23.7 Å². The Morgan fingerprint density at radius 3 is 2.06 bits per heavy atom. The average Bonchev–Trinajstić information content (AvgIpc) is 3.24. The summed E-state index contributed by atoms with van der Waals surface area (Å²) in [4.78, 5) is 51.6. The molecule has 0 spiro atoms. The van der Waals surface area contributed by atoms with Gasteiger partial charge in [0.15, 0.2) is 0 Å². The van der Waals surface area contributed by atoms with Crippen molar-refractivity contribution in [1.82, 2.24) is 15.5 Å². The molecule has 0 aliphatic carbocycles. The maximum Gasteiger partial charge on any atom is 0.452 e. The van der Waals surface area contributed by atoms with Crippen LogP contribution in [0.2, 0.25) is 0 Å². The Hall–Kier alpha value is -3.11. The molecule has 0 unspecified atom stereocenters. The van der Waals surface area contributed by atoms with Gasteiger partial charge in [0.1, 0.15) is 12.1 Å². The number of carbonyl (C=O) groups is 4. The van der Waals surface area contributed by atoms with Gasteiger partial charge in [-0.2, -0.15) is 13.2 Å². The van der Waals surface area contributed by atoms with Crippen molar-refractivity contribution in [2.45, 2.75) is 64.8 Å². The van der Waals surface area contributed by atoms with Crippen LogP contribution in [0.1, 0.15) is 40.5 Å². The van der Waals surface area contributed by atoms with Gasteiger partial charge in [-0.15, -0.1) is 0 Å². The predicted molar refractivity (Wildman–Crippen MR) is 120 cm³/mol. The van der Waals surface area contributed by atoms with E-state index in [1.54, 1.807) is 44.2 Å². The highest BCUT2D eigenvalue weighted by Gasteiger charge is 2.46. The largest absolute Gasteiger partial charge is 0.452 e. The highest BCUT2D eigenvalue weighted by molar-refractivity contribution is 5.97. The number of urea groups is 1. The fraction of sp³-hybridized carbons (Fsp3) is 0.565. The number of Topliss-reactive ketones (excluding diaryl/α,β-unsaturated/α-hetero) is 1. The molecule has 0 saturated carbocycles. The first-order valence-corrected chi connectivity index (χ1v) is 11.2. The van der Waals surface area contributed by atoms with Gasteiger partial charge in [0.2, 0.25) is 11.8 Å². The molecule has 3 atom stereocenters. The summed E-state index contributed by atoms with van der Waals surface area (Å²) < 4.78 is 38.9. The minimum atomic E-state index is -5.09. The van der Waals surface area contributed by atoms with Crippen LogP contribution < -0.4 is 16.0 Å². The number of halogens is 3. The second-order valence-electron chi connectivity index (χ2n) is 8.97. The highest BCUT2D eigenvalue weighted by Crippen LogP contribution is 2.24. The Bertz CT molecular complexity index is 890. The quantitative estimate of drug-likeness (QED) is 0.527. The van der Waals surface area contributed by atoms with Gasteiger partial charge in [0, 0.05) is 12.2 Å². The molecule has 1 saturated heterocycles. The Balaban J connectivity index is 2.12. The van der Waals surface area contributed by atoms with E-state index in [2.05, 4.69) is 16.0 Å². The molecule has 0 aromatic heterocycles. The van der Waals surface area contributed by atoms with Gasteiger partial charge in [-0.1, -0.05) is 45.9 Å². The standard InChI is InChI=1S/C23H31F3N4O4/c1-13(2)17(19(31)23(24,25)26)28-20(32)16-11-8-12-30(16)21(33)18(14(3)4)29-22(34)27-15-9-6-5-7-10-15/h5-7,9-10,13-14,16-18H,8,11-12H2,1-4H3,(H,28,32)(H2,27,29,34)/t16-,17-,18-/m0/s1. The lowest BCUT2D eigenvalue weighted by Gasteiger charge is -2.31. The summed E-state index contributed by atoms with van der Waals surface area (Å²) in [6.07, 6.45) is -4.39. The number of ketones is 1. The average molecular weight is 485 g/mol. The van der Waals surface area contributed by atoms with E-state index in [0.717, 1.165) is 0 Å². The number of nitrogens with one attached hydrogen (secondary N) is 3. The van der Waals surface area contributed by atoms with E-state index in [1.165, 1.54) is 18.7 Å². The van der Waals surface area contributed by atoms with Gasteiger partial charge in [-0.3, -0.25) is 14.4 Å². The Morgan fingerprint density at radius 1 is 0.941 bits per heavy atom. The monoisotopic (exact) mass is 484 g/mol. The topological polar surface area (TPSA) is 108 Å². The van der Waals surface area contributed by atoms with Crippen molar-refractivity contribution >= 4 is 29.3 Å². The maximum absolute atomic E-state index is 13.3. The second kappa shape index (κ2) is 11.3. The smallest absolute Gasteiger partial charge is 0.344 e. The lowest BCUT2D eigenvalue weighted by molar-refractivity contribution is -0.175. The lowest BCUT2D eigenvalue weighted by Crippen LogP contribution is -2.58. The molecule has 8 nitrogen and oxygen atoms in total. The number of amides is 4. The van der Waals surface area contributed by atoms with E-state index in [4.69, 9.17) is 0 Å². The molecular formula is C23H31F3N4O4. The third-order valence-electron chi connectivity index (χ3n) is 5.62. The van der Waals surface area contributed by atoms with Crippen LogP contribution >= 0.6 is 0 Å². The molecule has 1 aliphatic rings. The minimum Gasteiger partial charge on any atom is -0.344 e. The SMILES string of the molecule is CC(C)[C@H](NC(=O)Nc1ccccc1)C(=O)N1CCC[C@H]1C(=O)N[C@H](C(=O)C(F)(F)F)C(C)C. The summed E-state index contributed by atoms with van der Waals surface area (Å²) in [6.45, 7) is 6.47. The second-order valence-corrected chi connectivity index (χ2v) is 8.97. The normalized spacial score (nSPS) is 17.9. The number of benzene rings is 1. The number of hydrogen-bond donors (Lipinski definition) is 3. The van der Waals surface area contributed by atoms with Gasteiger partial charge in [0.05, 0.1) is 6.04 Å². The molecule has 188 valence electrons. The lowest BCUT2D eigenvalue weighted by atomic mass is 9.98. The minimum absolute atomic E-state index is 0.210. The van der Waals surface area contributed by atoms with E-state index in [9.17, 15) is 32.3 Å². The summed E-state index contributed by atoms with van der Waals surface area (Å²) in [6, 6.07) is 4.28. The molecule has 0 radical (unpaired) electrons. The highest BCUT2D eigenvalue weighted by atomic mass is 19.4. The Labute approximate surface area is 196 Å². The molecule has 0 bridgehead atoms. The molecule has 1 aromatic carbocycles. The number of rotatable bonds is 8. The number of anilines is 1. The van der Waals surface area contributed by atoms with Gasteiger partial charge < -0.3 is 20.9 Å². The van der Waals surface area contributed by atoms with E-state index in [1.807, 2.05) is 0 Å². The van der Waals surface area contributed by atoms with E-state index in [0.29, 0.717) is 12.1 Å². The Kier molecular flexibility index (Phi) is 9.06. The Morgan fingerprint density at radius 2 is 1.53 bits per heavy atom.